The van der Waals surface area contributed by atoms with Crippen molar-refractivity contribution in [3.05, 3.63) is 29.3 Å². The van der Waals surface area contributed by atoms with Gasteiger partial charge in [0.15, 0.2) is 5.60 Å². The number of nitrogens with zero attached hydrogens (tertiary/aromatic N) is 1. The number of carbonyl (C=O) groups is 1. The zero-order chi connectivity index (χ0) is 17.0. The van der Waals surface area contributed by atoms with Crippen LogP contribution in [-0.4, -0.2) is 67.0 Å². The van der Waals surface area contributed by atoms with Crippen LogP contribution in [0.5, 0.6) is 5.75 Å². The Bertz CT molecular complexity index is 560. The second-order valence-electron chi connectivity index (χ2n) is 6.21. The molecule has 1 aromatic carbocycles. The van der Waals surface area contributed by atoms with Gasteiger partial charge in [-0.2, -0.15) is 0 Å². The Morgan fingerprint density at radius 1 is 1.38 bits per heavy atom. The first-order chi connectivity index (χ1) is 11.6. The predicted molar refractivity (Wildman–Crippen MR) is 90.3 cm³/mol. The highest BCUT2D eigenvalue weighted by Gasteiger charge is 2.46. The van der Waals surface area contributed by atoms with E-state index in [9.17, 15) is 9.90 Å². The Morgan fingerprint density at radius 2 is 2.08 bits per heavy atom. The van der Waals surface area contributed by atoms with E-state index in [0.717, 1.165) is 0 Å². The number of morpholine rings is 1. The predicted octanol–water partition coefficient (Wildman–Crippen LogP) is 1.06. The fourth-order valence-corrected chi connectivity index (χ4v) is 3.38. The summed E-state index contributed by atoms with van der Waals surface area (Å²) in [4.78, 5) is 15.0. The minimum atomic E-state index is -0.913. The van der Waals surface area contributed by atoms with Crippen LogP contribution in [0.4, 0.5) is 0 Å². The quantitative estimate of drug-likeness (QED) is 0.846. The molecule has 2 aliphatic rings. The van der Waals surface area contributed by atoms with E-state index in [4.69, 9.17) is 21.1 Å². The summed E-state index contributed by atoms with van der Waals surface area (Å²) in [5.74, 6) is 0.560. The number of aliphatic hydroxyl groups is 1. The first kappa shape index (κ1) is 17.5. The van der Waals surface area contributed by atoms with E-state index < -0.39 is 5.60 Å². The SMILES string of the molecule is O=C(N1CCOCC1CO)C1(Oc2ccc(Cl)cc2)CCNCC1. The highest BCUT2D eigenvalue weighted by atomic mass is 35.5. The smallest absolute Gasteiger partial charge is 0.267 e. The standard InChI is InChI=1S/C17H23ClN2O4/c18-13-1-3-15(4-2-13)24-17(5-7-19-8-6-17)16(22)20-9-10-23-12-14(20)11-21/h1-4,14,19,21H,5-12H2. The van der Waals surface area contributed by atoms with E-state index in [1.54, 1.807) is 29.2 Å². The van der Waals surface area contributed by atoms with Crippen molar-refractivity contribution in [2.75, 3.05) is 39.5 Å². The van der Waals surface area contributed by atoms with Crippen molar-refractivity contribution in [1.82, 2.24) is 10.2 Å². The molecule has 0 radical (unpaired) electrons. The molecule has 0 saturated carbocycles. The summed E-state index contributed by atoms with van der Waals surface area (Å²) in [6, 6.07) is 6.75. The first-order valence-electron chi connectivity index (χ1n) is 8.30. The van der Waals surface area contributed by atoms with E-state index in [1.165, 1.54) is 0 Å². The van der Waals surface area contributed by atoms with Gasteiger partial charge in [0.05, 0.1) is 25.9 Å². The summed E-state index contributed by atoms with van der Waals surface area (Å²) in [5, 5.41) is 13.5. The van der Waals surface area contributed by atoms with Crippen molar-refractivity contribution in [3.63, 3.8) is 0 Å². The van der Waals surface area contributed by atoms with Crippen LogP contribution in [0.1, 0.15) is 12.8 Å². The molecule has 0 aromatic heterocycles. The molecule has 24 heavy (non-hydrogen) atoms. The summed E-state index contributed by atoms with van der Waals surface area (Å²) >= 11 is 5.93. The molecule has 1 atom stereocenters. The van der Waals surface area contributed by atoms with Gasteiger partial charge in [-0.1, -0.05) is 11.6 Å². The molecule has 3 rings (SSSR count). The van der Waals surface area contributed by atoms with Crippen molar-refractivity contribution in [2.24, 2.45) is 0 Å². The van der Waals surface area contributed by atoms with Gasteiger partial charge in [0.25, 0.3) is 5.91 Å². The molecule has 2 saturated heterocycles. The maximum absolute atomic E-state index is 13.3. The fourth-order valence-electron chi connectivity index (χ4n) is 3.25. The zero-order valence-electron chi connectivity index (χ0n) is 13.5. The summed E-state index contributed by atoms with van der Waals surface area (Å²) in [6.07, 6.45) is 1.17. The molecule has 1 unspecified atom stereocenters. The lowest BCUT2D eigenvalue weighted by Crippen LogP contribution is -2.62. The molecular formula is C17H23ClN2O4. The number of ether oxygens (including phenoxy) is 2. The lowest BCUT2D eigenvalue weighted by atomic mass is 9.89. The lowest BCUT2D eigenvalue weighted by molar-refractivity contribution is -0.161. The van der Waals surface area contributed by atoms with Crippen molar-refractivity contribution in [2.45, 2.75) is 24.5 Å². The van der Waals surface area contributed by atoms with E-state index in [2.05, 4.69) is 5.32 Å². The van der Waals surface area contributed by atoms with Crippen LogP contribution in [0, 0.1) is 0 Å². The van der Waals surface area contributed by atoms with Crippen molar-refractivity contribution in [1.29, 1.82) is 0 Å². The molecule has 132 valence electrons. The van der Waals surface area contributed by atoms with Gasteiger partial charge in [-0.15, -0.1) is 0 Å². The number of benzene rings is 1. The number of nitrogens with one attached hydrogen (secondary N) is 1. The molecule has 0 aliphatic carbocycles. The minimum Gasteiger partial charge on any atom is -0.477 e. The highest BCUT2D eigenvalue weighted by Crippen LogP contribution is 2.30. The Morgan fingerprint density at radius 3 is 2.75 bits per heavy atom. The van der Waals surface area contributed by atoms with Gasteiger partial charge in [0, 0.05) is 24.4 Å². The molecule has 2 heterocycles. The van der Waals surface area contributed by atoms with E-state index in [0.29, 0.717) is 56.5 Å². The second-order valence-corrected chi connectivity index (χ2v) is 6.65. The van der Waals surface area contributed by atoms with Crippen molar-refractivity contribution < 1.29 is 19.4 Å². The van der Waals surface area contributed by atoms with Crippen LogP contribution < -0.4 is 10.1 Å². The average molecular weight is 355 g/mol. The molecule has 2 N–H and O–H groups in total. The van der Waals surface area contributed by atoms with Gasteiger partial charge >= 0.3 is 0 Å². The number of hydrogen-bond donors (Lipinski definition) is 2. The maximum Gasteiger partial charge on any atom is 0.267 e. The zero-order valence-corrected chi connectivity index (χ0v) is 14.3. The van der Waals surface area contributed by atoms with E-state index in [-0.39, 0.29) is 18.6 Å². The Hall–Kier alpha value is -1.34. The lowest BCUT2D eigenvalue weighted by Gasteiger charge is -2.43. The molecule has 7 heteroatoms. The molecule has 6 nitrogen and oxygen atoms in total. The van der Waals surface area contributed by atoms with Gasteiger partial charge in [-0.25, -0.2) is 0 Å². The van der Waals surface area contributed by atoms with Crippen LogP contribution in [0.15, 0.2) is 24.3 Å². The number of hydrogen-bond acceptors (Lipinski definition) is 5. The van der Waals surface area contributed by atoms with E-state index >= 15 is 0 Å². The van der Waals surface area contributed by atoms with Crippen LogP contribution in [0.25, 0.3) is 0 Å². The third kappa shape index (κ3) is 3.67. The molecule has 1 amide bonds. The maximum atomic E-state index is 13.3. The van der Waals surface area contributed by atoms with Gasteiger partial charge in [-0.3, -0.25) is 4.79 Å². The summed E-state index contributed by atoms with van der Waals surface area (Å²) in [6.45, 7) is 2.64. The molecule has 0 spiro atoms. The van der Waals surface area contributed by atoms with Crippen LogP contribution in [-0.2, 0) is 9.53 Å². The molecular weight excluding hydrogens is 332 g/mol. The van der Waals surface area contributed by atoms with Crippen LogP contribution >= 0.6 is 11.6 Å². The third-order valence-corrected chi connectivity index (χ3v) is 4.88. The van der Waals surface area contributed by atoms with Crippen LogP contribution in [0.2, 0.25) is 5.02 Å². The highest BCUT2D eigenvalue weighted by molar-refractivity contribution is 6.30. The largest absolute Gasteiger partial charge is 0.477 e. The van der Waals surface area contributed by atoms with Gasteiger partial charge in [0.1, 0.15) is 5.75 Å². The summed E-state index contributed by atoms with van der Waals surface area (Å²) in [5.41, 5.74) is -0.913. The molecule has 2 fully saturated rings. The summed E-state index contributed by atoms with van der Waals surface area (Å²) in [7, 11) is 0. The second kappa shape index (κ2) is 7.70. The van der Waals surface area contributed by atoms with Gasteiger partial charge in [-0.05, 0) is 37.4 Å². The molecule has 2 aliphatic heterocycles. The number of piperidine rings is 1. The number of amides is 1. The van der Waals surface area contributed by atoms with Crippen LogP contribution in [0.3, 0.4) is 0 Å². The monoisotopic (exact) mass is 354 g/mol. The third-order valence-electron chi connectivity index (χ3n) is 4.63. The number of halogens is 1. The topological polar surface area (TPSA) is 71.0 Å². The normalized spacial score (nSPS) is 23.8. The Balaban J connectivity index is 1.84. The Kier molecular flexibility index (Phi) is 5.61. The number of aliphatic hydroxyl groups excluding tert-OH is 1. The summed E-state index contributed by atoms with van der Waals surface area (Å²) < 4.78 is 11.6. The van der Waals surface area contributed by atoms with E-state index in [1.807, 2.05) is 0 Å². The fraction of sp³-hybridized carbons (Fsp3) is 0.588. The number of rotatable bonds is 4. The van der Waals surface area contributed by atoms with Crippen molar-refractivity contribution in [3.8, 4) is 5.75 Å². The minimum absolute atomic E-state index is 0.0682. The number of carbonyl (C=O) groups excluding carboxylic acids is 1. The first-order valence-corrected chi connectivity index (χ1v) is 8.67. The molecule has 0 bridgehead atoms. The van der Waals surface area contributed by atoms with Crippen molar-refractivity contribution >= 4 is 17.5 Å². The average Bonchev–Trinajstić information content (AvgIpc) is 2.64. The van der Waals surface area contributed by atoms with Gasteiger partial charge in [0.2, 0.25) is 0 Å². The Labute approximate surface area is 146 Å². The molecule has 1 aromatic rings. The van der Waals surface area contributed by atoms with Gasteiger partial charge < -0.3 is 24.8 Å².